The van der Waals surface area contributed by atoms with E-state index in [1.165, 1.54) is 11.7 Å². The largest absolute Gasteiger partial charge is 0.468 e. The minimum absolute atomic E-state index is 0.000992. The molecule has 9 nitrogen and oxygen atoms in total. The number of aromatic nitrogens is 2. The van der Waals surface area contributed by atoms with Crippen molar-refractivity contribution in [3.63, 3.8) is 0 Å². The number of carbonyl (C=O) groups excluding carboxylic acids is 2. The average Bonchev–Trinajstić information content (AvgIpc) is 3.44. The Bertz CT molecular complexity index is 1220. The molecule has 4 rings (SSSR count). The summed E-state index contributed by atoms with van der Waals surface area (Å²) in [5.41, 5.74) is 0.101. The van der Waals surface area contributed by atoms with E-state index in [4.69, 9.17) is 4.74 Å². The number of nitrogens with zero attached hydrogens (tertiary/aromatic N) is 3. The predicted octanol–water partition coefficient (Wildman–Crippen LogP) is 1.62. The zero-order valence-electron chi connectivity index (χ0n) is 18.4. The topological polar surface area (TPSA) is 116 Å². The Balaban J connectivity index is 1.60. The molecular weight excluding hydrogens is 466 g/mol. The molecule has 1 amide bonds. The highest BCUT2D eigenvalue weighted by Crippen LogP contribution is 2.30. The fraction of sp³-hybridized carbons (Fsp3) is 0.545. The molecule has 0 bridgehead atoms. The quantitative estimate of drug-likeness (QED) is 0.325. The number of benzene rings is 1. The Kier molecular flexibility index (Phi) is 7.08. The molecule has 1 saturated carbocycles. The minimum Gasteiger partial charge on any atom is -0.468 e. The van der Waals surface area contributed by atoms with Gasteiger partial charge in [-0.2, -0.15) is 0 Å². The van der Waals surface area contributed by atoms with Crippen LogP contribution in [0.25, 0.3) is 10.9 Å². The number of ether oxygens (including phenoxy) is 1. The summed E-state index contributed by atoms with van der Waals surface area (Å²) in [5.74, 6) is -0.654. The van der Waals surface area contributed by atoms with Gasteiger partial charge in [0.25, 0.3) is 5.56 Å². The molecule has 0 spiro atoms. The first-order valence-electron chi connectivity index (χ1n) is 11.0. The highest BCUT2D eigenvalue weighted by molar-refractivity contribution is 7.99. The first kappa shape index (κ1) is 23.7. The standard InChI is InChI=1S/C22H27N3O6S2/c1-31-20(27)12-24-21(28)17-8-4-5-9-18(17)23-22(24)32-13-19(26)25(15-6-2-3-7-15)16-10-11-33(29,30)14-16/h4-5,8-9,15-16H,2-3,6-7,10-14H2,1H3. The van der Waals surface area contributed by atoms with Crippen LogP contribution in [0.15, 0.2) is 34.2 Å². The maximum atomic E-state index is 13.3. The predicted molar refractivity (Wildman–Crippen MR) is 125 cm³/mol. The molecule has 1 aromatic heterocycles. The van der Waals surface area contributed by atoms with Gasteiger partial charge in [0, 0.05) is 12.1 Å². The first-order valence-corrected chi connectivity index (χ1v) is 13.8. The summed E-state index contributed by atoms with van der Waals surface area (Å²) in [6.45, 7) is -0.309. The third-order valence-electron chi connectivity index (χ3n) is 6.27. The molecule has 2 heterocycles. The normalized spacial score (nSPS) is 20.2. The van der Waals surface area contributed by atoms with Crippen LogP contribution in [0, 0.1) is 0 Å². The van der Waals surface area contributed by atoms with E-state index in [1.54, 1.807) is 29.2 Å². The van der Waals surface area contributed by atoms with Crippen LogP contribution in [-0.4, -0.2) is 71.2 Å². The van der Waals surface area contributed by atoms with Gasteiger partial charge in [0.15, 0.2) is 15.0 Å². The van der Waals surface area contributed by atoms with E-state index in [-0.39, 0.29) is 52.5 Å². The van der Waals surface area contributed by atoms with Crippen LogP contribution < -0.4 is 5.56 Å². The van der Waals surface area contributed by atoms with Gasteiger partial charge in [-0.15, -0.1) is 0 Å². The second-order valence-electron chi connectivity index (χ2n) is 8.46. The molecule has 1 aromatic carbocycles. The van der Waals surface area contributed by atoms with E-state index in [0.717, 1.165) is 37.4 Å². The van der Waals surface area contributed by atoms with Crippen molar-refractivity contribution in [3.05, 3.63) is 34.6 Å². The average molecular weight is 494 g/mol. The lowest BCUT2D eigenvalue weighted by Gasteiger charge is -2.34. The summed E-state index contributed by atoms with van der Waals surface area (Å²) in [4.78, 5) is 44.6. The van der Waals surface area contributed by atoms with Crippen LogP contribution in [0.2, 0.25) is 0 Å². The molecule has 0 N–H and O–H groups in total. The Morgan fingerprint density at radius 3 is 2.58 bits per heavy atom. The van der Waals surface area contributed by atoms with E-state index in [9.17, 15) is 22.8 Å². The zero-order chi connectivity index (χ0) is 23.6. The van der Waals surface area contributed by atoms with Crippen LogP contribution >= 0.6 is 11.8 Å². The minimum atomic E-state index is -3.13. The fourth-order valence-electron chi connectivity index (χ4n) is 4.67. The molecule has 1 atom stereocenters. The Morgan fingerprint density at radius 1 is 1.18 bits per heavy atom. The number of sulfone groups is 1. The van der Waals surface area contributed by atoms with Crippen molar-refractivity contribution in [3.8, 4) is 0 Å². The number of methoxy groups -OCH3 is 1. The molecular formula is C22H27N3O6S2. The number of para-hydroxylation sites is 1. The molecule has 1 aliphatic carbocycles. The summed E-state index contributed by atoms with van der Waals surface area (Å²) < 4.78 is 30.1. The number of thioether (sulfide) groups is 1. The van der Waals surface area contributed by atoms with E-state index in [1.807, 2.05) is 0 Å². The highest BCUT2D eigenvalue weighted by Gasteiger charge is 2.39. The number of hydrogen-bond acceptors (Lipinski definition) is 8. The molecule has 1 aliphatic heterocycles. The second-order valence-corrected chi connectivity index (χ2v) is 11.6. The van der Waals surface area contributed by atoms with Crippen LogP contribution in [0.3, 0.4) is 0 Å². The highest BCUT2D eigenvalue weighted by atomic mass is 32.2. The molecule has 2 fully saturated rings. The summed E-state index contributed by atoms with van der Waals surface area (Å²) in [7, 11) is -1.89. The van der Waals surface area contributed by atoms with Gasteiger partial charge in [-0.05, 0) is 31.4 Å². The van der Waals surface area contributed by atoms with Crippen LogP contribution in [-0.2, 0) is 30.7 Å². The van der Waals surface area contributed by atoms with Gasteiger partial charge in [-0.25, -0.2) is 13.4 Å². The smallest absolute Gasteiger partial charge is 0.325 e. The molecule has 11 heteroatoms. The van der Waals surface area contributed by atoms with Crippen LogP contribution in [0.4, 0.5) is 0 Å². The number of carbonyl (C=O) groups is 2. The van der Waals surface area contributed by atoms with Crippen molar-refractivity contribution in [1.29, 1.82) is 0 Å². The maximum absolute atomic E-state index is 13.3. The summed E-state index contributed by atoms with van der Waals surface area (Å²) in [6.07, 6.45) is 4.23. The van der Waals surface area contributed by atoms with Crippen LogP contribution in [0.5, 0.6) is 0 Å². The second kappa shape index (κ2) is 9.84. The molecule has 0 radical (unpaired) electrons. The lowest BCUT2D eigenvalue weighted by Crippen LogP contribution is -2.47. The van der Waals surface area contributed by atoms with Gasteiger partial charge < -0.3 is 9.64 Å². The Morgan fingerprint density at radius 2 is 1.91 bits per heavy atom. The number of hydrogen-bond donors (Lipinski definition) is 0. The van der Waals surface area contributed by atoms with Crippen molar-refractivity contribution in [1.82, 2.24) is 14.5 Å². The lowest BCUT2D eigenvalue weighted by atomic mass is 10.1. The van der Waals surface area contributed by atoms with Crippen molar-refractivity contribution < 1.29 is 22.7 Å². The number of fused-ring (bicyclic) bond motifs is 1. The molecule has 33 heavy (non-hydrogen) atoms. The van der Waals surface area contributed by atoms with Crippen molar-refractivity contribution >= 4 is 44.4 Å². The van der Waals surface area contributed by atoms with E-state index < -0.39 is 15.8 Å². The van der Waals surface area contributed by atoms with Gasteiger partial charge in [0.1, 0.15) is 6.54 Å². The fourth-order valence-corrected chi connectivity index (χ4v) is 7.25. The third kappa shape index (κ3) is 5.24. The summed E-state index contributed by atoms with van der Waals surface area (Å²) in [5, 5.41) is 0.628. The first-order chi connectivity index (χ1) is 15.8. The third-order valence-corrected chi connectivity index (χ3v) is 8.99. The summed E-state index contributed by atoms with van der Waals surface area (Å²) >= 11 is 1.09. The van der Waals surface area contributed by atoms with Crippen LogP contribution in [0.1, 0.15) is 32.1 Å². The van der Waals surface area contributed by atoms with Gasteiger partial charge in [-0.3, -0.25) is 19.0 Å². The molecule has 178 valence electrons. The number of rotatable bonds is 7. The Hall–Kier alpha value is -2.40. The SMILES string of the molecule is COC(=O)Cn1c(SCC(=O)N(C2CCCC2)C2CCS(=O)(=O)C2)nc2ccccc2c1=O. The lowest BCUT2D eigenvalue weighted by molar-refractivity contribution is -0.141. The molecule has 2 aromatic rings. The van der Waals surface area contributed by atoms with Crippen molar-refractivity contribution in [2.24, 2.45) is 0 Å². The maximum Gasteiger partial charge on any atom is 0.325 e. The monoisotopic (exact) mass is 493 g/mol. The number of amides is 1. The van der Waals surface area contributed by atoms with Crippen molar-refractivity contribution in [2.75, 3.05) is 24.4 Å². The van der Waals surface area contributed by atoms with Gasteiger partial charge >= 0.3 is 5.97 Å². The zero-order valence-corrected chi connectivity index (χ0v) is 20.1. The van der Waals surface area contributed by atoms with E-state index >= 15 is 0 Å². The van der Waals surface area contributed by atoms with Gasteiger partial charge in [0.2, 0.25) is 5.91 Å². The Labute approximate surface area is 196 Å². The molecule has 1 unspecified atom stereocenters. The molecule has 2 aliphatic rings. The number of esters is 1. The van der Waals surface area contributed by atoms with E-state index in [0.29, 0.717) is 17.3 Å². The van der Waals surface area contributed by atoms with Gasteiger partial charge in [0.05, 0.1) is 35.3 Å². The molecule has 1 saturated heterocycles. The van der Waals surface area contributed by atoms with E-state index in [2.05, 4.69) is 4.98 Å². The van der Waals surface area contributed by atoms with Crippen molar-refractivity contribution in [2.45, 2.75) is 55.9 Å². The summed E-state index contributed by atoms with van der Waals surface area (Å²) in [6, 6.07) is 6.56. The van der Waals surface area contributed by atoms with Gasteiger partial charge in [-0.1, -0.05) is 36.7 Å².